The number of hydrogen-bond donors (Lipinski definition) is 1. The first-order chi connectivity index (χ1) is 5.79. The lowest BCUT2D eigenvalue weighted by Gasteiger charge is -1.98. The Morgan fingerprint density at radius 3 is 2.75 bits per heavy atom. The summed E-state index contributed by atoms with van der Waals surface area (Å²) in [5, 5.41) is 1.44. The van der Waals surface area contributed by atoms with Gasteiger partial charge in [-0.15, -0.1) is 0 Å². The Bertz CT molecular complexity index is 470. The fourth-order valence-electron chi connectivity index (χ4n) is 1.25. The van der Waals surface area contributed by atoms with Crippen LogP contribution in [-0.2, 0) is 0 Å². The second-order valence-electron chi connectivity index (χ2n) is 2.62. The highest BCUT2D eigenvalue weighted by molar-refractivity contribution is 5.85. The van der Waals surface area contributed by atoms with Gasteiger partial charge in [0.05, 0.1) is 0 Å². The van der Waals surface area contributed by atoms with E-state index in [-0.39, 0.29) is 5.56 Å². The van der Waals surface area contributed by atoms with Crippen LogP contribution in [0.1, 0.15) is 5.56 Å². The molecule has 2 nitrogen and oxygen atoms in total. The smallest absolute Gasteiger partial charge is 0.255 e. The van der Waals surface area contributed by atoms with Crippen LogP contribution in [0.25, 0.3) is 10.8 Å². The van der Waals surface area contributed by atoms with E-state index < -0.39 is 0 Å². The molecule has 0 atom stereocenters. The zero-order valence-electron chi connectivity index (χ0n) is 6.37. The Balaban J connectivity index is 3.05. The topological polar surface area (TPSA) is 32.9 Å². The second-order valence-corrected chi connectivity index (χ2v) is 2.62. The van der Waals surface area contributed by atoms with Gasteiger partial charge in [-0.05, 0) is 30.0 Å². The molecule has 0 unspecified atom stereocenters. The van der Waals surface area contributed by atoms with Gasteiger partial charge in [0.25, 0.3) is 5.56 Å². The van der Waals surface area contributed by atoms with Crippen molar-refractivity contribution in [2.24, 2.45) is 0 Å². The number of hydrogen-bond acceptors (Lipinski definition) is 1. The van der Waals surface area contributed by atoms with Gasteiger partial charge in [-0.3, -0.25) is 4.79 Å². The molecule has 0 saturated heterocycles. The molecule has 0 fully saturated rings. The molecule has 0 spiro atoms. The van der Waals surface area contributed by atoms with Crippen LogP contribution in [0.5, 0.6) is 0 Å². The van der Waals surface area contributed by atoms with E-state index in [1.807, 2.05) is 0 Å². The zero-order chi connectivity index (χ0) is 8.55. The van der Waals surface area contributed by atoms with Crippen LogP contribution in [-0.4, -0.2) is 4.98 Å². The predicted molar refractivity (Wildman–Crippen MR) is 48.0 cm³/mol. The number of fused-ring (bicyclic) bond motifs is 1. The highest BCUT2D eigenvalue weighted by atomic mass is 16.1. The van der Waals surface area contributed by atoms with Crippen molar-refractivity contribution in [3.63, 3.8) is 0 Å². The zero-order valence-corrected chi connectivity index (χ0v) is 6.37. The maximum absolute atomic E-state index is 11.2. The number of nitrogens with one attached hydrogen (secondary N) is 1. The number of aromatic amines is 1. The van der Waals surface area contributed by atoms with Crippen molar-refractivity contribution in [1.82, 2.24) is 4.98 Å². The average molecular weight is 157 g/mol. The molecule has 1 heterocycles. The molecule has 0 amide bonds. The van der Waals surface area contributed by atoms with E-state index in [9.17, 15) is 4.79 Å². The summed E-state index contributed by atoms with van der Waals surface area (Å²) in [5.41, 5.74) is 0.540. The van der Waals surface area contributed by atoms with Crippen LogP contribution < -0.4 is 5.56 Å². The summed E-state index contributed by atoms with van der Waals surface area (Å²) in [4.78, 5) is 13.8. The molecule has 2 radical (unpaired) electrons. The number of aromatic nitrogens is 1. The van der Waals surface area contributed by atoms with Crippen LogP contribution >= 0.6 is 0 Å². The Kier molecular flexibility index (Phi) is 1.47. The number of pyridine rings is 1. The quantitative estimate of drug-likeness (QED) is 0.618. The molecule has 1 N–H and O–H groups in total. The fraction of sp³-hybridized carbons (Fsp3) is 0. The third kappa shape index (κ3) is 0.925. The van der Waals surface area contributed by atoms with E-state index in [1.165, 1.54) is 0 Å². The molecule has 1 aromatic carbocycles. The summed E-state index contributed by atoms with van der Waals surface area (Å²) in [6, 6.07) is 7.10. The minimum absolute atomic E-state index is 0.0974. The maximum Gasteiger partial charge on any atom is 0.255 e. The Labute approximate surface area is 69.9 Å². The van der Waals surface area contributed by atoms with Crippen molar-refractivity contribution in [2.45, 2.75) is 0 Å². The molecule has 0 aliphatic carbocycles. The highest BCUT2D eigenvalue weighted by Gasteiger charge is 1.97. The third-order valence-electron chi connectivity index (χ3n) is 1.85. The van der Waals surface area contributed by atoms with E-state index in [4.69, 9.17) is 6.92 Å². The van der Waals surface area contributed by atoms with Crippen LogP contribution in [0.3, 0.4) is 0 Å². The first kappa shape index (κ1) is 7.10. The predicted octanol–water partition coefficient (Wildman–Crippen LogP) is 1.59. The van der Waals surface area contributed by atoms with Crippen molar-refractivity contribution < 1.29 is 0 Å². The van der Waals surface area contributed by atoms with Crippen LogP contribution in [0.2, 0.25) is 0 Å². The molecular weight excluding hydrogens is 150 g/mol. The monoisotopic (exact) mass is 157 g/mol. The molecule has 0 aliphatic rings. The van der Waals surface area contributed by atoms with Crippen molar-refractivity contribution in [2.75, 3.05) is 0 Å². The lowest BCUT2D eigenvalue weighted by Crippen LogP contribution is -2.04. The number of benzene rings is 1. The minimum atomic E-state index is -0.0974. The summed E-state index contributed by atoms with van der Waals surface area (Å²) >= 11 is 0. The normalized spacial score (nSPS) is 10.4. The number of H-pyrrole nitrogens is 1. The van der Waals surface area contributed by atoms with Gasteiger partial charge in [-0.1, -0.05) is 12.1 Å². The standard InChI is InChI=1S/C10H7NO/c1-7-3-2-4-9-8(7)5-6-11-10(9)12/h1-6H,(H,11,12). The Morgan fingerprint density at radius 1 is 1.17 bits per heavy atom. The summed E-state index contributed by atoms with van der Waals surface area (Å²) in [7, 11) is 0. The molecule has 2 heteroatoms. The van der Waals surface area contributed by atoms with E-state index in [0.29, 0.717) is 10.9 Å². The molecule has 2 rings (SSSR count). The molecular formula is C10H7NO. The summed E-state index contributed by atoms with van der Waals surface area (Å²) in [5.74, 6) is 0. The van der Waals surface area contributed by atoms with E-state index in [2.05, 4.69) is 4.98 Å². The first-order valence-electron chi connectivity index (χ1n) is 3.65. The second kappa shape index (κ2) is 2.48. The fourth-order valence-corrected chi connectivity index (χ4v) is 1.25. The van der Waals surface area contributed by atoms with Crippen LogP contribution in [0.4, 0.5) is 0 Å². The van der Waals surface area contributed by atoms with Gasteiger partial charge in [0.15, 0.2) is 0 Å². The van der Waals surface area contributed by atoms with Gasteiger partial charge in [0.1, 0.15) is 0 Å². The summed E-state index contributed by atoms with van der Waals surface area (Å²) in [6.45, 7) is 5.67. The molecule has 0 aliphatic heterocycles. The van der Waals surface area contributed by atoms with Gasteiger partial charge < -0.3 is 4.98 Å². The lowest BCUT2D eigenvalue weighted by atomic mass is 10.1. The Hall–Kier alpha value is -1.57. The van der Waals surface area contributed by atoms with Crippen molar-refractivity contribution in [3.8, 4) is 0 Å². The van der Waals surface area contributed by atoms with Crippen molar-refractivity contribution in [1.29, 1.82) is 0 Å². The molecule has 12 heavy (non-hydrogen) atoms. The molecule has 2 aromatic rings. The Morgan fingerprint density at radius 2 is 2.00 bits per heavy atom. The maximum atomic E-state index is 11.2. The highest BCUT2D eigenvalue weighted by Crippen LogP contribution is 2.12. The van der Waals surface area contributed by atoms with Gasteiger partial charge in [-0.25, -0.2) is 0 Å². The SMILES string of the molecule is [CH]c1cccc2c(=O)[nH]ccc12. The van der Waals surface area contributed by atoms with Gasteiger partial charge in [0, 0.05) is 11.6 Å². The van der Waals surface area contributed by atoms with E-state index in [1.54, 1.807) is 30.5 Å². The third-order valence-corrected chi connectivity index (χ3v) is 1.85. The molecule has 0 saturated carbocycles. The van der Waals surface area contributed by atoms with Gasteiger partial charge in [0.2, 0.25) is 0 Å². The lowest BCUT2D eigenvalue weighted by molar-refractivity contribution is 1.28. The molecule has 58 valence electrons. The summed E-state index contributed by atoms with van der Waals surface area (Å²) in [6.07, 6.45) is 1.60. The van der Waals surface area contributed by atoms with Crippen LogP contribution in [0, 0.1) is 6.92 Å². The largest absolute Gasteiger partial charge is 0.329 e. The van der Waals surface area contributed by atoms with Crippen LogP contribution in [0.15, 0.2) is 35.3 Å². The van der Waals surface area contributed by atoms with E-state index in [0.717, 1.165) is 5.39 Å². The van der Waals surface area contributed by atoms with Crippen molar-refractivity contribution >= 4 is 10.8 Å². The van der Waals surface area contributed by atoms with E-state index >= 15 is 0 Å². The first-order valence-corrected chi connectivity index (χ1v) is 3.65. The molecule has 0 bridgehead atoms. The summed E-state index contributed by atoms with van der Waals surface area (Å²) < 4.78 is 0. The molecule has 1 aromatic heterocycles. The number of rotatable bonds is 0. The average Bonchev–Trinajstić information content (AvgIpc) is 2.07. The van der Waals surface area contributed by atoms with Gasteiger partial charge >= 0.3 is 0 Å². The van der Waals surface area contributed by atoms with Crippen molar-refractivity contribution in [3.05, 3.63) is 53.3 Å². The minimum Gasteiger partial charge on any atom is -0.329 e. The van der Waals surface area contributed by atoms with Gasteiger partial charge in [-0.2, -0.15) is 0 Å².